The zero-order valence-electron chi connectivity index (χ0n) is 13.4. The van der Waals surface area contributed by atoms with Crippen molar-refractivity contribution in [2.75, 3.05) is 25.0 Å². The molecule has 0 spiro atoms. The van der Waals surface area contributed by atoms with Gasteiger partial charge in [-0.05, 0) is 32.0 Å². The molecule has 1 aromatic carbocycles. The lowest BCUT2D eigenvalue weighted by atomic mass is 10.1. The first-order valence-electron chi connectivity index (χ1n) is 7.08. The predicted octanol–water partition coefficient (Wildman–Crippen LogP) is -0.0953. The van der Waals surface area contributed by atoms with E-state index in [2.05, 4.69) is 10.6 Å². The SMILES string of the molecule is CC(C)(N)C(=O)Nc1cccc(S(=O)(=O)N2CCNC(=O)C2)c1.Cl. The highest BCUT2D eigenvalue weighted by Gasteiger charge is 2.29. The summed E-state index contributed by atoms with van der Waals surface area (Å²) < 4.78 is 26.3. The molecule has 0 bridgehead atoms. The Morgan fingerprint density at radius 1 is 1.38 bits per heavy atom. The van der Waals surface area contributed by atoms with Gasteiger partial charge < -0.3 is 16.4 Å². The lowest BCUT2D eigenvalue weighted by molar-refractivity contribution is -0.122. The van der Waals surface area contributed by atoms with E-state index in [1.165, 1.54) is 18.2 Å². The van der Waals surface area contributed by atoms with E-state index in [4.69, 9.17) is 5.73 Å². The zero-order chi connectivity index (χ0) is 17.3. The Morgan fingerprint density at radius 2 is 2.04 bits per heavy atom. The molecule has 4 N–H and O–H groups in total. The van der Waals surface area contributed by atoms with E-state index in [9.17, 15) is 18.0 Å². The Balaban J connectivity index is 0.00000288. The number of sulfonamides is 1. The number of piperazine rings is 1. The molecule has 1 saturated heterocycles. The summed E-state index contributed by atoms with van der Waals surface area (Å²) in [5.41, 5.74) is 4.95. The minimum absolute atomic E-state index is 0. The second kappa shape index (κ2) is 7.47. The number of halogens is 1. The number of benzene rings is 1. The van der Waals surface area contributed by atoms with E-state index in [1.807, 2.05) is 0 Å². The molecular formula is C14H21ClN4O4S. The van der Waals surface area contributed by atoms with Crippen LogP contribution in [0.25, 0.3) is 0 Å². The fourth-order valence-electron chi connectivity index (χ4n) is 2.00. The topological polar surface area (TPSA) is 122 Å². The minimum Gasteiger partial charge on any atom is -0.354 e. The summed E-state index contributed by atoms with van der Waals surface area (Å²) in [4.78, 5) is 23.3. The van der Waals surface area contributed by atoms with Gasteiger partial charge in [0.15, 0.2) is 0 Å². The van der Waals surface area contributed by atoms with Crippen LogP contribution in [0.5, 0.6) is 0 Å². The smallest absolute Gasteiger partial charge is 0.243 e. The largest absolute Gasteiger partial charge is 0.354 e. The van der Waals surface area contributed by atoms with Crippen LogP contribution in [0, 0.1) is 0 Å². The third-order valence-corrected chi connectivity index (χ3v) is 5.16. The molecule has 24 heavy (non-hydrogen) atoms. The molecule has 2 amide bonds. The number of hydrogen-bond acceptors (Lipinski definition) is 5. The number of nitrogens with two attached hydrogens (primary N) is 1. The van der Waals surface area contributed by atoms with Gasteiger partial charge in [-0.3, -0.25) is 9.59 Å². The van der Waals surface area contributed by atoms with Crippen molar-refractivity contribution in [1.82, 2.24) is 9.62 Å². The van der Waals surface area contributed by atoms with E-state index in [1.54, 1.807) is 19.9 Å². The Bertz CT molecular complexity index is 731. The summed E-state index contributed by atoms with van der Waals surface area (Å²) in [5.74, 6) is -0.765. The lowest BCUT2D eigenvalue weighted by Crippen LogP contribution is -2.49. The summed E-state index contributed by atoms with van der Waals surface area (Å²) in [6.07, 6.45) is 0. The zero-order valence-corrected chi connectivity index (χ0v) is 15.0. The molecule has 1 heterocycles. The highest BCUT2D eigenvalue weighted by molar-refractivity contribution is 7.89. The summed E-state index contributed by atoms with van der Waals surface area (Å²) in [7, 11) is -3.80. The summed E-state index contributed by atoms with van der Waals surface area (Å²) in [6, 6.07) is 5.87. The van der Waals surface area contributed by atoms with Crippen LogP contribution in [0.2, 0.25) is 0 Å². The van der Waals surface area contributed by atoms with E-state index in [0.717, 1.165) is 4.31 Å². The van der Waals surface area contributed by atoms with Gasteiger partial charge in [0.1, 0.15) is 0 Å². The molecule has 134 valence electrons. The van der Waals surface area contributed by atoms with E-state index in [0.29, 0.717) is 5.69 Å². The number of amides is 2. The second-order valence-electron chi connectivity index (χ2n) is 5.89. The van der Waals surface area contributed by atoms with Gasteiger partial charge in [-0.25, -0.2) is 8.42 Å². The number of nitrogens with zero attached hydrogens (tertiary/aromatic N) is 1. The maximum absolute atomic E-state index is 12.6. The quantitative estimate of drug-likeness (QED) is 0.677. The van der Waals surface area contributed by atoms with Gasteiger partial charge in [-0.2, -0.15) is 4.31 Å². The van der Waals surface area contributed by atoms with Crippen LogP contribution in [0.3, 0.4) is 0 Å². The molecule has 2 rings (SSSR count). The Morgan fingerprint density at radius 3 is 2.62 bits per heavy atom. The number of nitrogens with one attached hydrogen (secondary N) is 2. The van der Waals surface area contributed by atoms with Gasteiger partial charge >= 0.3 is 0 Å². The summed E-state index contributed by atoms with van der Waals surface area (Å²) in [5, 5.41) is 5.15. The predicted molar refractivity (Wildman–Crippen MR) is 92.4 cm³/mol. The first-order chi connectivity index (χ1) is 10.6. The van der Waals surface area contributed by atoms with Crippen molar-refractivity contribution in [3.05, 3.63) is 24.3 Å². The van der Waals surface area contributed by atoms with Crippen molar-refractivity contribution in [3.8, 4) is 0 Å². The van der Waals surface area contributed by atoms with Gasteiger partial charge in [0.25, 0.3) is 0 Å². The molecule has 0 atom stereocenters. The number of anilines is 1. The molecule has 1 aromatic rings. The van der Waals surface area contributed by atoms with Crippen molar-refractivity contribution in [1.29, 1.82) is 0 Å². The maximum atomic E-state index is 12.6. The van der Waals surface area contributed by atoms with Crippen LogP contribution >= 0.6 is 12.4 Å². The fourth-order valence-corrected chi connectivity index (χ4v) is 3.44. The first kappa shape index (κ1) is 20.4. The van der Waals surface area contributed by atoms with Crippen LogP contribution in [-0.2, 0) is 19.6 Å². The van der Waals surface area contributed by atoms with Crippen LogP contribution in [-0.4, -0.2) is 49.7 Å². The van der Waals surface area contributed by atoms with Crippen molar-refractivity contribution in [3.63, 3.8) is 0 Å². The minimum atomic E-state index is -3.80. The number of rotatable bonds is 4. The van der Waals surface area contributed by atoms with Crippen LogP contribution in [0.15, 0.2) is 29.2 Å². The molecule has 1 fully saturated rings. The molecule has 0 radical (unpaired) electrons. The highest BCUT2D eigenvalue weighted by atomic mass is 35.5. The standard InChI is InChI=1S/C14H20N4O4S.ClH/c1-14(2,15)13(20)17-10-4-3-5-11(8-10)23(21,22)18-7-6-16-12(19)9-18;/h3-5,8H,6-7,9,15H2,1-2H3,(H,16,19)(H,17,20);1H. The molecule has 0 saturated carbocycles. The van der Waals surface area contributed by atoms with Crippen molar-refractivity contribution < 1.29 is 18.0 Å². The third kappa shape index (κ3) is 4.67. The Kier molecular flexibility index (Phi) is 6.34. The fraction of sp³-hybridized carbons (Fsp3) is 0.429. The second-order valence-corrected chi connectivity index (χ2v) is 7.83. The van der Waals surface area contributed by atoms with E-state index < -0.39 is 21.5 Å². The first-order valence-corrected chi connectivity index (χ1v) is 8.52. The van der Waals surface area contributed by atoms with E-state index in [-0.39, 0.29) is 42.8 Å². The van der Waals surface area contributed by atoms with Gasteiger partial charge in [0.2, 0.25) is 21.8 Å². The van der Waals surface area contributed by atoms with Gasteiger partial charge in [-0.1, -0.05) is 6.07 Å². The third-order valence-electron chi connectivity index (χ3n) is 3.32. The van der Waals surface area contributed by atoms with Crippen molar-refractivity contribution >= 4 is 39.9 Å². The highest BCUT2D eigenvalue weighted by Crippen LogP contribution is 2.20. The molecule has 10 heteroatoms. The number of carbonyl (C=O) groups is 2. The van der Waals surface area contributed by atoms with Gasteiger partial charge in [0, 0.05) is 18.8 Å². The summed E-state index contributed by atoms with van der Waals surface area (Å²) in [6.45, 7) is 3.37. The van der Waals surface area contributed by atoms with Crippen LogP contribution in [0.4, 0.5) is 5.69 Å². The van der Waals surface area contributed by atoms with Crippen molar-refractivity contribution in [2.24, 2.45) is 5.73 Å². The molecule has 8 nitrogen and oxygen atoms in total. The summed E-state index contributed by atoms with van der Waals surface area (Å²) >= 11 is 0. The van der Waals surface area contributed by atoms with Crippen LogP contribution in [0.1, 0.15) is 13.8 Å². The molecular weight excluding hydrogens is 356 g/mol. The number of carbonyl (C=O) groups excluding carboxylic acids is 2. The van der Waals surface area contributed by atoms with Crippen molar-refractivity contribution in [2.45, 2.75) is 24.3 Å². The lowest BCUT2D eigenvalue weighted by Gasteiger charge is -2.26. The maximum Gasteiger partial charge on any atom is 0.243 e. The molecule has 1 aliphatic heterocycles. The van der Waals surface area contributed by atoms with Gasteiger partial charge in [0.05, 0.1) is 17.0 Å². The molecule has 0 aromatic heterocycles. The average Bonchev–Trinajstić information content (AvgIpc) is 2.46. The Hall–Kier alpha value is -1.68. The number of hydrogen-bond donors (Lipinski definition) is 3. The molecule has 0 aliphatic carbocycles. The molecule has 1 aliphatic rings. The van der Waals surface area contributed by atoms with E-state index >= 15 is 0 Å². The van der Waals surface area contributed by atoms with Gasteiger partial charge in [-0.15, -0.1) is 12.4 Å². The Labute approximate surface area is 147 Å². The monoisotopic (exact) mass is 376 g/mol. The van der Waals surface area contributed by atoms with Crippen LogP contribution < -0.4 is 16.4 Å². The molecule has 0 unspecified atom stereocenters. The normalized spacial score (nSPS) is 16.0. The average molecular weight is 377 g/mol.